The third-order valence-corrected chi connectivity index (χ3v) is 3.30. The third-order valence-electron chi connectivity index (χ3n) is 3.30. The van der Waals surface area contributed by atoms with Gasteiger partial charge in [-0.3, -0.25) is 0 Å². The smallest absolute Gasteiger partial charge is 0.417 e. The Morgan fingerprint density at radius 1 is 1.12 bits per heavy atom. The molecule has 0 fully saturated rings. The maximum atomic E-state index is 13.3. The molecule has 0 saturated carbocycles. The molecule has 2 aromatic carbocycles. The second-order valence-electron chi connectivity index (χ2n) is 4.70. The third kappa shape index (κ3) is 3.84. The minimum atomic E-state index is -4.77. The summed E-state index contributed by atoms with van der Waals surface area (Å²) < 4.78 is 52.7. The molecule has 0 aromatic heterocycles. The minimum absolute atomic E-state index is 0.0150. The average Bonchev–Trinajstić information content (AvgIpc) is 2.51. The summed E-state index contributed by atoms with van der Waals surface area (Å²) in [6.45, 7) is 5.30. The average molecular weight is 343 g/mol. The Hall–Kier alpha value is -2.57. The Balaban J connectivity index is 0.00000139. The van der Waals surface area contributed by atoms with Crippen LogP contribution in [0.5, 0.6) is 0 Å². The summed E-state index contributed by atoms with van der Waals surface area (Å²) >= 11 is 0. The number of halogens is 4. The summed E-state index contributed by atoms with van der Waals surface area (Å²) in [5.41, 5.74) is 3.49. The largest absolute Gasteiger partial charge is 0.478 e. The van der Waals surface area contributed by atoms with Gasteiger partial charge in [0.25, 0.3) is 0 Å². The number of rotatable bonds is 2. The first-order chi connectivity index (χ1) is 11.1. The fourth-order valence-electron chi connectivity index (χ4n) is 2.22. The van der Waals surface area contributed by atoms with Crippen molar-refractivity contribution in [2.24, 2.45) is 0 Å². The minimum Gasteiger partial charge on any atom is -0.478 e. The van der Waals surface area contributed by atoms with Crippen LogP contribution >= 0.6 is 0 Å². The summed E-state index contributed by atoms with van der Waals surface area (Å²) in [7, 11) is 0. The Morgan fingerprint density at radius 2 is 1.62 bits per heavy atom. The van der Waals surface area contributed by atoms with Crippen LogP contribution < -0.4 is 5.73 Å². The molecular formula is C17H17F4NO2. The van der Waals surface area contributed by atoms with E-state index < -0.39 is 29.1 Å². The number of aromatic carboxylic acids is 1. The normalized spacial score (nSPS) is 10.8. The molecule has 3 nitrogen and oxygen atoms in total. The van der Waals surface area contributed by atoms with Crippen molar-refractivity contribution in [2.45, 2.75) is 26.9 Å². The molecule has 0 unspecified atom stereocenters. The lowest BCUT2D eigenvalue weighted by Gasteiger charge is -2.19. The molecule has 0 aliphatic carbocycles. The number of alkyl halides is 3. The van der Waals surface area contributed by atoms with E-state index in [-0.39, 0.29) is 22.4 Å². The van der Waals surface area contributed by atoms with Crippen LogP contribution in [0.2, 0.25) is 0 Å². The Kier molecular flexibility index (Phi) is 5.95. The van der Waals surface area contributed by atoms with Gasteiger partial charge in [-0.1, -0.05) is 26.0 Å². The Bertz CT molecular complexity index is 738. The van der Waals surface area contributed by atoms with Crippen LogP contribution in [0.1, 0.15) is 35.3 Å². The van der Waals surface area contributed by atoms with Crippen molar-refractivity contribution in [1.29, 1.82) is 0 Å². The van der Waals surface area contributed by atoms with Crippen LogP contribution in [0, 0.1) is 12.7 Å². The summed E-state index contributed by atoms with van der Waals surface area (Å²) in [5.74, 6) is -2.14. The van der Waals surface area contributed by atoms with Crippen LogP contribution in [0.25, 0.3) is 11.1 Å². The predicted octanol–water partition coefficient (Wildman–Crippen LogP) is 5.13. The molecule has 0 atom stereocenters. The SMILES string of the molecule is CC.Cc1c(N)c(C(=O)O)cc(C(F)(F)F)c1-c1ccc(F)cc1. The quantitative estimate of drug-likeness (QED) is 0.587. The van der Waals surface area contributed by atoms with Crippen molar-refractivity contribution in [3.8, 4) is 11.1 Å². The first-order valence-corrected chi connectivity index (χ1v) is 7.12. The fraction of sp³-hybridized carbons (Fsp3) is 0.235. The van der Waals surface area contributed by atoms with Crippen molar-refractivity contribution >= 4 is 11.7 Å². The molecule has 130 valence electrons. The lowest BCUT2D eigenvalue weighted by Crippen LogP contribution is -2.14. The van der Waals surface area contributed by atoms with E-state index in [4.69, 9.17) is 10.8 Å². The van der Waals surface area contributed by atoms with Crippen LogP contribution in [-0.4, -0.2) is 11.1 Å². The fourth-order valence-corrected chi connectivity index (χ4v) is 2.22. The van der Waals surface area contributed by atoms with Crippen LogP contribution in [-0.2, 0) is 6.18 Å². The Morgan fingerprint density at radius 3 is 2.04 bits per heavy atom. The van der Waals surface area contributed by atoms with Gasteiger partial charge in [0.1, 0.15) is 5.82 Å². The lowest BCUT2D eigenvalue weighted by atomic mass is 9.91. The number of benzene rings is 2. The van der Waals surface area contributed by atoms with E-state index >= 15 is 0 Å². The molecule has 3 N–H and O–H groups in total. The number of hydrogen-bond donors (Lipinski definition) is 2. The van der Waals surface area contributed by atoms with Gasteiger partial charge in [0.2, 0.25) is 0 Å². The second-order valence-corrected chi connectivity index (χ2v) is 4.70. The molecule has 0 spiro atoms. The monoisotopic (exact) mass is 343 g/mol. The molecular weight excluding hydrogens is 326 g/mol. The highest BCUT2D eigenvalue weighted by molar-refractivity contribution is 5.97. The number of carboxylic acids is 1. The van der Waals surface area contributed by atoms with Crippen molar-refractivity contribution in [2.75, 3.05) is 5.73 Å². The highest BCUT2D eigenvalue weighted by atomic mass is 19.4. The first-order valence-electron chi connectivity index (χ1n) is 7.12. The number of anilines is 1. The second kappa shape index (κ2) is 7.33. The molecule has 24 heavy (non-hydrogen) atoms. The standard InChI is InChI=1S/C15H11F4NO2.C2H6/c1-7-12(8-2-4-9(16)5-3-8)11(15(17,18)19)6-10(13(7)20)14(21)22;1-2/h2-6H,20H2,1H3,(H,21,22);1-2H3. The van der Waals surface area contributed by atoms with Gasteiger partial charge in [0.05, 0.1) is 11.1 Å². The molecule has 7 heteroatoms. The molecule has 2 aromatic rings. The number of nitrogen functional groups attached to an aromatic ring is 1. The van der Waals surface area contributed by atoms with Crippen LogP contribution in [0.3, 0.4) is 0 Å². The zero-order valence-corrected chi connectivity index (χ0v) is 13.3. The van der Waals surface area contributed by atoms with Gasteiger partial charge in [-0.25, -0.2) is 9.18 Å². The lowest BCUT2D eigenvalue weighted by molar-refractivity contribution is -0.137. The highest BCUT2D eigenvalue weighted by Crippen LogP contribution is 2.42. The van der Waals surface area contributed by atoms with Gasteiger partial charge in [-0.05, 0) is 41.8 Å². The summed E-state index contributed by atoms with van der Waals surface area (Å²) in [6.07, 6.45) is -4.77. The summed E-state index contributed by atoms with van der Waals surface area (Å²) in [5, 5.41) is 8.98. The molecule has 0 aliphatic heterocycles. The molecule has 0 aliphatic rings. The van der Waals surface area contributed by atoms with Gasteiger partial charge in [0, 0.05) is 5.69 Å². The van der Waals surface area contributed by atoms with E-state index in [1.807, 2.05) is 13.8 Å². The topological polar surface area (TPSA) is 63.3 Å². The van der Waals surface area contributed by atoms with Gasteiger partial charge >= 0.3 is 12.1 Å². The molecule has 2 rings (SSSR count). The molecule has 0 amide bonds. The molecule has 0 bridgehead atoms. The van der Waals surface area contributed by atoms with E-state index in [0.29, 0.717) is 6.07 Å². The summed E-state index contributed by atoms with van der Waals surface area (Å²) in [4.78, 5) is 11.0. The van der Waals surface area contributed by atoms with Crippen molar-refractivity contribution in [1.82, 2.24) is 0 Å². The van der Waals surface area contributed by atoms with Crippen molar-refractivity contribution in [3.05, 3.63) is 52.8 Å². The predicted molar refractivity (Wildman–Crippen MR) is 84.3 cm³/mol. The number of hydrogen-bond acceptors (Lipinski definition) is 2. The molecule has 0 saturated heterocycles. The van der Waals surface area contributed by atoms with Crippen molar-refractivity contribution in [3.63, 3.8) is 0 Å². The van der Waals surface area contributed by atoms with E-state index in [1.54, 1.807) is 0 Å². The highest BCUT2D eigenvalue weighted by Gasteiger charge is 2.36. The van der Waals surface area contributed by atoms with Gasteiger partial charge < -0.3 is 10.8 Å². The van der Waals surface area contributed by atoms with Crippen LogP contribution in [0.15, 0.2) is 30.3 Å². The van der Waals surface area contributed by atoms with E-state index in [1.165, 1.54) is 19.1 Å². The maximum Gasteiger partial charge on any atom is 0.417 e. The van der Waals surface area contributed by atoms with Gasteiger partial charge in [0.15, 0.2) is 0 Å². The summed E-state index contributed by atoms with van der Waals surface area (Å²) in [6, 6.07) is 4.93. The molecule has 0 heterocycles. The maximum absolute atomic E-state index is 13.3. The van der Waals surface area contributed by atoms with E-state index in [0.717, 1.165) is 12.1 Å². The number of nitrogens with two attached hydrogens (primary N) is 1. The van der Waals surface area contributed by atoms with Gasteiger partial charge in [-0.15, -0.1) is 0 Å². The zero-order valence-electron chi connectivity index (χ0n) is 13.3. The van der Waals surface area contributed by atoms with Crippen molar-refractivity contribution < 1.29 is 27.5 Å². The van der Waals surface area contributed by atoms with Crippen LogP contribution in [0.4, 0.5) is 23.2 Å². The first kappa shape index (κ1) is 19.5. The molecule has 0 radical (unpaired) electrons. The van der Waals surface area contributed by atoms with E-state index in [2.05, 4.69) is 0 Å². The number of carbonyl (C=O) groups is 1. The van der Waals surface area contributed by atoms with E-state index in [9.17, 15) is 22.4 Å². The zero-order chi connectivity index (χ0) is 18.7. The Labute approximate surface area is 136 Å². The number of carboxylic acid groups (broad SMARTS) is 1. The van der Waals surface area contributed by atoms with Gasteiger partial charge in [-0.2, -0.15) is 13.2 Å².